The summed E-state index contributed by atoms with van der Waals surface area (Å²) >= 11 is 0. The van der Waals surface area contributed by atoms with Gasteiger partial charge >= 0.3 is 0 Å². The third kappa shape index (κ3) is 17.8. The van der Waals surface area contributed by atoms with E-state index in [9.17, 15) is 58.5 Å². The first-order valence-corrected chi connectivity index (χ1v) is 25.0. The van der Waals surface area contributed by atoms with Crippen molar-refractivity contribution < 1.29 is 58.5 Å². The molecular formula is C53H77N5O12. The molecule has 0 radical (unpaired) electrons. The maximum Gasteiger partial charge on any atom is 0.245 e. The van der Waals surface area contributed by atoms with Crippen LogP contribution in [-0.4, -0.2) is 123 Å². The van der Waals surface area contributed by atoms with Gasteiger partial charge in [-0.3, -0.25) is 43.2 Å². The molecule has 386 valence electrons. The van der Waals surface area contributed by atoms with Crippen LogP contribution in [0.15, 0.2) is 36.4 Å². The predicted molar refractivity (Wildman–Crippen MR) is 264 cm³/mol. The number of phenols is 2. The van der Waals surface area contributed by atoms with Crippen LogP contribution < -0.4 is 16.0 Å². The zero-order valence-corrected chi connectivity index (χ0v) is 42.3. The summed E-state index contributed by atoms with van der Waals surface area (Å²) < 4.78 is 0. The van der Waals surface area contributed by atoms with Gasteiger partial charge in [-0.15, -0.1) is 0 Å². The molecule has 2 aromatic rings. The normalized spacial score (nSPS) is 17.2. The Morgan fingerprint density at radius 1 is 0.714 bits per heavy atom. The fourth-order valence-electron chi connectivity index (χ4n) is 8.62. The van der Waals surface area contributed by atoms with E-state index in [0.29, 0.717) is 12.0 Å². The Labute approximate surface area is 412 Å². The fraction of sp³-hybridized carbons (Fsp3) is 0.604. The monoisotopic (exact) mass is 976 g/mol. The number of rotatable bonds is 27. The highest BCUT2D eigenvalue weighted by molar-refractivity contribution is 6.38. The van der Waals surface area contributed by atoms with Gasteiger partial charge in [0.15, 0.2) is 17.3 Å². The lowest BCUT2D eigenvalue weighted by molar-refractivity contribution is -0.142. The topological polar surface area (TPSA) is 257 Å². The van der Waals surface area contributed by atoms with Crippen LogP contribution in [0.1, 0.15) is 161 Å². The molecular weight excluding hydrogens is 899 g/mol. The molecule has 0 spiro atoms. The molecule has 4 bridgehead atoms. The third-order valence-electron chi connectivity index (χ3n) is 13.2. The molecule has 17 nitrogen and oxygen atoms in total. The van der Waals surface area contributed by atoms with Gasteiger partial charge in [0.2, 0.25) is 35.3 Å². The highest BCUT2D eigenvalue weighted by atomic mass is 16.3. The Morgan fingerprint density at radius 2 is 1.27 bits per heavy atom. The van der Waals surface area contributed by atoms with Gasteiger partial charge in [-0.1, -0.05) is 103 Å². The number of carbonyl (C=O) groups excluding carboxylic acids is 9. The van der Waals surface area contributed by atoms with Crippen molar-refractivity contribution in [1.29, 1.82) is 0 Å². The minimum atomic E-state index is -1.36. The molecule has 6 atom stereocenters. The lowest BCUT2D eigenvalue weighted by atomic mass is 9.89. The van der Waals surface area contributed by atoms with Crippen molar-refractivity contribution >= 4 is 52.7 Å². The number of nitrogens with zero attached hydrogens (tertiary/aromatic N) is 2. The SMILES string of the molecule is CCCCCCCCCCCCCCCC(=O)N(C)[C@H](CO)C(=O)N[C@H](C)C(=O)CCC(=O)N(C)[C@@H]1C(=O)C[C@@H](C)C(=O)N[C@H](C(=O)N[C@@H](C)C(=O)C(C)=O)Cc2ccc(O)c(c2)-c2cc1ccc2O. The van der Waals surface area contributed by atoms with Gasteiger partial charge in [0.05, 0.1) is 18.7 Å². The van der Waals surface area contributed by atoms with Crippen LogP contribution in [0.2, 0.25) is 0 Å². The Hall–Kier alpha value is -5.97. The number of aromatic hydroxyl groups is 2. The summed E-state index contributed by atoms with van der Waals surface area (Å²) in [6, 6.07) is 2.23. The minimum Gasteiger partial charge on any atom is -0.507 e. The quantitative estimate of drug-likeness (QED) is 0.0465. The number of benzene rings is 2. The van der Waals surface area contributed by atoms with Crippen LogP contribution in [0.4, 0.5) is 0 Å². The van der Waals surface area contributed by atoms with Crippen molar-refractivity contribution in [1.82, 2.24) is 25.8 Å². The molecule has 1 aliphatic heterocycles. The number of nitrogens with one attached hydrogen (secondary N) is 3. The summed E-state index contributed by atoms with van der Waals surface area (Å²) in [5.41, 5.74) is 0.831. The Bertz CT molecular complexity index is 2160. The molecule has 0 aromatic heterocycles. The predicted octanol–water partition coefficient (Wildman–Crippen LogP) is 5.72. The van der Waals surface area contributed by atoms with Crippen molar-refractivity contribution in [3.63, 3.8) is 0 Å². The lowest BCUT2D eigenvalue weighted by Crippen LogP contribution is -2.53. The van der Waals surface area contributed by atoms with Gasteiger partial charge < -0.3 is 41.1 Å². The second-order valence-corrected chi connectivity index (χ2v) is 18.9. The molecule has 6 N–H and O–H groups in total. The summed E-state index contributed by atoms with van der Waals surface area (Å²) in [6.07, 6.45) is 14.0. The number of aliphatic hydroxyl groups is 1. The zero-order valence-electron chi connectivity index (χ0n) is 42.3. The van der Waals surface area contributed by atoms with Crippen LogP contribution in [0, 0.1) is 5.92 Å². The van der Waals surface area contributed by atoms with E-state index in [1.54, 1.807) is 0 Å². The summed E-state index contributed by atoms with van der Waals surface area (Å²) in [4.78, 5) is 121. The smallest absolute Gasteiger partial charge is 0.245 e. The number of hydrogen-bond donors (Lipinski definition) is 6. The summed E-state index contributed by atoms with van der Waals surface area (Å²) in [6.45, 7) is 6.83. The van der Waals surface area contributed by atoms with Crippen LogP contribution in [0.3, 0.4) is 0 Å². The number of carbonyl (C=O) groups is 9. The number of aliphatic hydroxyl groups excluding tert-OH is 1. The van der Waals surface area contributed by atoms with Crippen LogP contribution >= 0.6 is 0 Å². The van der Waals surface area contributed by atoms with Crippen molar-refractivity contribution in [2.24, 2.45) is 5.92 Å². The van der Waals surface area contributed by atoms with Gasteiger partial charge in [-0.25, -0.2) is 0 Å². The fourth-order valence-corrected chi connectivity index (χ4v) is 8.62. The average molecular weight is 976 g/mol. The summed E-state index contributed by atoms with van der Waals surface area (Å²) in [5, 5.41) is 39.8. The molecule has 1 aliphatic rings. The number of unbranched alkanes of at least 4 members (excludes halogenated alkanes) is 12. The number of Topliss-reactive ketones (excluding diaryl/α,β-unsaturated/α-hetero) is 4. The highest BCUT2D eigenvalue weighted by Crippen LogP contribution is 2.39. The number of phenolic OH excluding ortho intramolecular Hbond substituents is 2. The first-order chi connectivity index (χ1) is 33.2. The largest absolute Gasteiger partial charge is 0.507 e. The standard InChI is InChI=1S/C53H77N5O12/c1-8-9-10-11-12-13-14-15-16-17-18-19-20-21-47(65)57(6)42(32-59)53(70)54-34(3)43(61)26-27-48(66)58(7)49-38-23-25-45(63)40(31-38)39-29-37(22-24-44(39)62)30-41(56-51(68)33(2)28-46(49)64)52(69)55-35(4)50(67)36(5)60/h22-25,29,31,33-35,41-42,49,59,62-63H,8-21,26-28,30,32H2,1-7H3,(H,54,70)(H,55,69)(H,56,68)/t33-,34-,35+,41+,42-,49+/m1/s1. The zero-order chi connectivity index (χ0) is 52.1. The van der Waals surface area contributed by atoms with E-state index in [-0.39, 0.29) is 53.4 Å². The molecule has 2 aromatic carbocycles. The molecule has 3 rings (SSSR count). The minimum absolute atomic E-state index is 0.0826. The molecule has 0 aliphatic carbocycles. The van der Waals surface area contributed by atoms with Crippen LogP contribution in [0.25, 0.3) is 11.1 Å². The number of fused-ring (bicyclic) bond motifs is 5. The molecule has 0 saturated heterocycles. The molecule has 0 unspecified atom stereocenters. The Morgan fingerprint density at radius 3 is 1.84 bits per heavy atom. The van der Waals surface area contributed by atoms with Gasteiger partial charge in [-0.05, 0) is 55.7 Å². The van der Waals surface area contributed by atoms with E-state index in [2.05, 4.69) is 22.9 Å². The third-order valence-corrected chi connectivity index (χ3v) is 13.2. The average Bonchev–Trinajstić information content (AvgIpc) is 3.32. The summed E-state index contributed by atoms with van der Waals surface area (Å²) in [7, 11) is 2.78. The van der Waals surface area contributed by atoms with Crippen LogP contribution in [0.5, 0.6) is 11.5 Å². The van der Waals surface area contributed by atoms with Crippen molar-refractivity contribution in [2.75, 3.05) is 20.7 Å². The number of hydrogen-bond acceptors (Lipinski definition) is 12. The van der Waals surface area contributed by atoms with E-state index in [1.165, 1.54) is 134 Å². The van der Waals surface area contributed by atoms with E-state index >= 15 is 0 Å². The molecule has 17 heteroatoms. The van der Waals surface area contributed by atoms with Crippen molar-refractivity contribution in [3.05, 3.63) is 47.5 Å². The first kappa shape index (κ1) is 58.3. The molecule has 5 amide bonds. The Balaban J connectivity index is 1.67. The van der Waals surface area contributed by atoms with E-state index in [4.69, 9.17) is 0 Å². The Kier molecular flexibility index (Phi) is 24.4. The van der Waals surface area contributed by atoms with E-state index < -0.39 is 102 Å². The lowest BCUT2D eigenvalue weighted by Gasteiger charge is -2.30. The van der Waals surface area contributed by atoms with E-state index in [0.717, 1.165) is 31.1 Å². The van der Waals surface area contributed by atoms with Crippen LogP contribution in [-0.2, 0) is 49.6 Å². The van der Waals surface area contributed by atoms with E-state index in [1.807, 2.05) is 0 Å². The highest BCUT2D eigenvalue weighted by Gasteiger charge is 2.35. The van der Waals surface area contributed by atoms with Gasteiger partial charge in [-0.2, -0.15) is 0 Å². The number of likely N-dealkylation sites (N-methyl/N-ethyl adjacent to an activating group) is 2. The van der Waals surface area contributed by atoms with Crippen molar-refractivity contribution in [2.45, 2.75) is 180 Å². The number of ketones is 4. The maximum atomic E-state index is 14.3. The first-order valence-electron chi connectivity index (χ1n) is 25.0. The summed E-state index contributed by atoms with van der Waals surface area (Å²) in [5.74, 6) is -7.57. The molecule has 0 fully saturated rings. The van der Waals surface area contributed by atoms with Crippen molar-refractivity contribution in [3.8, 4) is 22.6 Å². The second kappa shape index (κ2) is 29.3. The van der Waals surface area contributed by atoms with Gasteiger partial charge in [0.25, 0.3) is 0 Å². The van der Waals surface area contributed by atoms with Gasteiger partial charge in [0.1, 0.15) is 29.6 Å². The molecule has 0 saturated carbocycles. The van der Waals surface area contributed by atoms with Gasteiger partial charge in [0, 0.05) is 70.2 Å². The molecule has 1 heterocycles. The number of amides is 5. The maximum absolute atomic E-state index is 14.3. The second-order valence-electron chi connectivity index (χ2n) is 18.9. The molecule has 70 heavy (non-hydrogen) atoms.